The molecular formula is C17H19N. The summed E-state index contributed by atoms with van der Waals surface area (Å²) in [6, 6.07) is 15.4. The zero-order chi connectivity index (χ0) is 12.8. The van der Waals surface area contributed by atoms with Gasteiger partial charge in [0.15, 0.2) is 0 Å². The number of hydrogen-bond donors (Lipinski definition) is 1. The Kier molecular flexibility index (Phi) is 4.39. The topological polar surface area (TPSA) is 12.0 Å². The lowest BCUT2D eigenvalue weighted by atomic mass is 10.1. The van der Waals surface area contributed by atoms with Crippen LogP contribution < -0.4 is 5.32 Å². The van der Waals surface area contributed by atoms with Crippen LogP contribution >= 0.6 is 0 Å². The molecule has 0 aliphatic carbocycles. The van der Waals surface area contributed by atoms with E-state index >= 15 is 0 Å². The minimum atomic E-state index is 0.418. The SMILES string of the molecule is C#CCC(CC)NCc1ccc2ccccc2c1. The van der Waals surface area contributed by atoms with Crippen LogP contribution in [0.5, 0.6) is 0 Å². The summed E-state index contributed by atoms with van der Waals surface area (Å²) in [5.74, 6) is 2.72. The first-order valence-corrected chi connectivity index (χ1v) is 6.48. The number of nitrogens with one attached hydrogen (secondary N) is 1. The maximum atomic E-state index is 5.36. The Hall–Kier alpha value is -1.78. The van der Waals surface area contributed by atoms with Gasteiger partial charge in [-0.15, -0.1) is 12.3 Å². The molecule has 0 saturated heterocycles. The summed E-state index contributed by atoms with van der Waals surface area (Å²) in [6.45, 7) is 3.04. The third kappa shape index (κ3) is 3.12. The molecule has 0 spiro atoms. The maximum Gasteiger partial charge on any atom is 0.0240 e. The average Bonchev–Trinajstić information content (AvgIpc) is 2.43. The molecule has 1 N–H and O–H groups in total. The molecule has 2 aromatic rings. The normalized spacial score (nSPS) is 12.2. The third-order valence-electron chi connectivity index (χ3n) is 3.27. The van der Waals surface area contributed by atoms with Gasteiger partial charge in [-0.05, 0) is 28.8 Å². The van der Waals surface area contributed by atoms with Gasteiger partial charge >= 0.3 is 0 Å². The van der Waals surface area contributed by atoms with E-state index in [0.717, 1.165) is 19.4 Å². The second-order valence-electron chi connectivity index (χ2n) is 4.58. The third-order valence-corrected chi connectivity index (χ3v) is 3.27. The molecule has 0 radical (unpaired) electrons. The molecule has 1 atom stereocenters. The van der Waals surface area contributed by atoms with Gasteiger partial charge in [-0.25, -0.2) is 0 Å². The molecule has 0 amide bonds. The van der Waals surface area contributed by atoms with Crippen molar-refractivity contribution in [2.75, 3.05) is 0 Å². The molecular weight excluding hydrogens is 218 g/mol. The van der Waals surface area contributed by atoms with Crippen molar-refractivity contribution < 1.29 is 0 Å². The van der Waals surface area contributed by atoms with Gasteiger partial charge in [0, 0.05) is 19.0 Å². The molecule has 2 aromatic carbocycles. The summed E-state index contributed by atoms with van der Waals surface area (Å²) < 4.78 is 0. The van der Waals surface area contributed by atoms with Crippen LogP contribution in [-0.2, 0) is 6.54 Å². The van der Waals surface area contributed by atoms with Crippen LogP contribution in [0, 0.1) is 12.3 Å². The smallest absolute Gasteiger partial charge is 0.0240 e. The van der Waals surface area contributed by atoms with Crippen molar-refractivity contribution in [1.82, 2.24) is 5.32 Å². The molecule has 18 heavy (non-hydrogen) atoms. The Morgan fingerprint density at radius 1 is 1.17 bits per heavy atom. The quantitative estimate of drug-likeness (QED) is 0.781. The first-order chi connectivity index (χ1) is 8.83. The van der Waals surface area contributed by atoms with E-state index in [4.69, 9.17) is 6.42 Å². The monoisotopic (exact) mass is 237 g/mol. The lowest BCUT2D eigenvalue weighted by Gasteiger charge is -2.14. The zero-order valence-corrected chi connectivity index (χ0v) is 10.8. The van der Waals surface area contributed by atoms with E-state index in [1.54, 1.807) is 0 Å². The summed E-state index contributed by atoms with van der Waals surface area (Å²) in [5, 5.41) is 6.09. The first kappa shape index (κ1) is 12.7. The van der Waals surface area contributed by atoms with Crippen LogP contribution in [0.1, 0.15) is 25.3 Å². The van der Waals surface area contributed by atoms with Crippen molar-refractivity contribution >= 4 is 10.8 Å². The molecule has 1 unspecified atom stereocenters. The van der Waals surface area contributed by atoms with Crippen molar-refractivity contribution in [2.45, 2.75) is 32.4 Å². The van der Waals surface area contributed by atoms with Gasteiger partial charge in [0.2, 0.25) is 0 Å². The molecule has 0 bridgehead atoms. The number of rotatable bonds is 5. The highest BCUT2D eigenvalue weighted by atomic mass is 14.9. The van der Waals surface area contributed by atoms with Crippen LogP contribution in [-0.4, -0.2) is 6.04 Å². The summed E-state index contributed by atoms with van der Waals surface area (Å²) in [6.07, 6.45) is 7.22. The molecule has 0 aliphatic heterocycles. The molecule has 0 saturated carbocycles. The minimum Gasteiger partial charge on any atom is -0.309 e. The van der Waals surface area contributed by atoms with E-state index in [-0.39, 0.29) is 0 Å². The standard InChI is InChI=1S/C17H19N/c1-3-7-17(4-2)18-13-14-10-11-15-8-5-6-9-16(15)12-14/h1,5-6,8-12,17-18H,4,7,13H2,2H3. The summed E-state index contributed by atoms with van der Waals surface area (Å²) in [5.41, 5.74) is 1.31. The van der Waals surface area contributed by atoms with Crippen molar-refractivity contribution in [1.29, 1.82) is 0 Å². The summed E-state index contributed by atoms with van der Waals surface area (Å²) in [7, 11) is 0. The lowest BCUT2D eigenvalue weighted by Crippen LogP contribution is -2.27. The van der Waals surface area contributed by atoms with Crippen molar-refractivity contribution in [2.24, 2.45) is 0 Å². The molecule has 0 aliphatic rings. The van der Waals surface area contributed by atoms with Crippen LogP contribution in [0.4, 0.5) is 0 Å². The minimum absolute atomic E-state index is 0.418. The van der Waals surface area contributed by atoms with Crippen LogP contribution in [0.15, 0.2) is 42.5 Å². The largest absolute Gasteiger partial charge is 0.309 e. The molecule has 2 rings (SSSR count). The van der Waals surface area contributed by atoms with Crippen LogP contribution in [0.3, 0.4) is 0 Å². The van der Waals surface area contributed by atoms with Gasteiger partial charge in [0.05, 0.1) is 0 Å². The van der Waals surface area contributed by atoms with Crippen molar-refractivity contribution in [3.63, 3.8) is 0 Å². The second kappa shape index (κ2) is 6.23. The van der Waals surface area contributed by atoms with Crippen molar-refractivity contribution in [3.8, 4) is 12.3 Å². The Bertz CT molecular complexity index is 551. The Morgan fingerprint density at radius 3 is 2.67 bits per heavy atom. The van der Waals surface area contributed by atoms with Gasteiger partial charge in [0.25, 0.3) is 0 Å². The highest BCUT2D eigenvalue weighted by Crippen LogP contribution is 2.15. The Labute approximate surface area is 109 Å². The Morgan fingerprint density at radius 2 is 1.94 bits per heavy atom. The predicted molar refractivity (Wildman–Crippen MR) is 78.3 cm³/mol. The molecule has 1 heteroatoms. The van der Waals surface area contributed by atoms with E-state index in [0.29, 0.717) is 6.04 Å². The zero-order valence-electron chi connectivity index (χ0n) is 10.8. The van der Waals surface area contributed by atoms with E-state index in [1.165, 1.54) is 16.3 Å². The molecule has 0 fully saturated rings. The number of benzene rings is 2. The Balaban J connectivity index is 2.06. The molecule has 92 valence electrons. The maximum absolute atomic E-state index is 5.36. The highest BCUT2D eigenvalue weighted by molar-refractivity contribution is 5.82. The van der Waals surface area contributed by atoms with Gasteiger partial charge in [-0.2, -0.15) is 0 Å². The lowest BCUT2D eigenvalue weighted by molar-refractivity contribution is 0.507. The van der Waals surface area contributed by atoms with E-state index in [1.807, 2.05) is 0 Å². The van der Waals surface area contributed by atoms with E-state index < -0.39 is 0 Å². The van der Waals surface area contributed by atoms with Crippen LogP contribution in [0.25, 0.3) is 10.8 Å². The van der Waals surface area contributed by atoms with Crippen molar-refractivity contribution in [3.05, 3.63) is 48.0 Å². The molecule has 1 nitrogen and oxygen atoms in total. The van der Waals surface area contributed by atoms with Gasteiger partial charge in [-0.1, -0.05) is 43.3 Å². The molecule has 0 heterocycles. The average molecular weight is 237 g/mol. The van der Waals surface area contributed by atoms with E-state index in [2.05, 4.69) is 60.6 Å². The fraction of sp³-hybridized carbons (Fsp3) is 0.294. The number of terminal acetylenes is 1. The van der Waals surface area contributed by atoms with Crippen LogP contribution in [0.2, 0.25) is 0 Å². The molecule has 0 aromatic heterocycles. The summed E-state index contributed by atoms with van der Waals surface area (Å²) in [4.78, 5) is 0. The first-order valence-electron chi connectivity index (χ1n) is 6.48. The predicted octanol–water partition coefficient (Wildman–Crippen LogP) is 3.73. The summed E-state index contributed by atoms with van der Waals surface area (Å²) >= 11 is 0. The van der Waals surface area contributed by atoms with E-state index in [9.17, 15) is 0 Å². The fourth-order valence-electron chi connectivity index (χ4n) is 2.11. The number of fused-ring (bicyclic) bond motifs is 1. The van der Waals surface area contributed by atoms with Gasteiger partial charge < -0.3 is 5.32 Å². The highest BCUT2D eigenvalue weighted by Gasteiger charge is 2.03. The van der Waals surface area contributed by atoms with Gasteiger partial charge in [-0.3, -0.25) is 0 Å². The number of hydrogen-bond acceptors (Lipinski definition) is 1. The fourth-order valence-corrected chi connectivity index (χ4v) is 2.11. The second-order valence-corrected chi connectivity index (χ2v) is 4.58. The van der Waals surface area contributed by atoms with Gasteiger partial charge in [0.1, 0.15) is 0 Å².